The van der Waals surface area contributed by atoms with Gasteiger partial charge in [-0.1, -0.05) is 59.2 Å². The van der Waals surface area contributed by atoms with Gasteiger partial charge in [-0.05, 0) is 37.5 Å². The van der Waals surface area contributed by atoms with Crippen LogP contribution in [0.3, 0.4) is 0 Å². The number of amides is 1. The summed E-state index contributed by atoms with van der Waals surface area (Å²) < 4.78 is 5.36. The van der Waals surface area contributed by atoms with Gasteiger partial charge in [-0.2, -0.15) is 0 Å². The van der Waals surface area contributed by atoms with Gasteiger partial charge in [0.1, 0.15) is 5.56 Å². The molecule has 4 nitrogen and oxygen atoms in total. The smallest absolute Gasteiger partial charge is 0.257 e. The number of carbonyl (C=O) groups is 1. The highest BCUT2D eigenvalue weighted by Gasteiger charge is 2.22. The number of benzene rings is 2. The molecule has 2 aromatic carbocycles. The van der Waals surface area contributed by atoms with E-state index in [1.807, 2.05) is 36.4 Å². The Morgan fingerprint density at radius 1 is 1.12 bits per heavy atom. The van der Waals surface area contributed by atoms with Crippen LogP contribution in [0.25, 0.3) is 11.3 Å². The number of carbonyl (C=O) groups excluding carboxylic acids is 1. The van der Waals surface area contributed by atoms with E-state index in [2.05, 4.69) is 22.6 Å². The molecule has 0 saturated heterocycles. The Kier molecular flexibility index (Phi) is 5.51. The molecule has 1 heterocycles. The summed E-state index contributed by atoms with van der Waals surface area (Å²) in [6, 6.07) is 17.5. The minimum absolute atomic E-state index is 0.193. The lowest BCUT2D eigenvalue weighted by molar-refractivity contribution is 0.0953. The summed E-state index contributed by atoms with van der Waals surface area (Å²) in [4.78, 5) is 12.6. The second kappa shape index (κ2) is 7.99. The van der Waals surface area contributed by atoms with E-state index in [9.17, 15) is 4.79 Å². The molecule has 25 heavy (non-hydrogen) atoms. The van der Waals surface area contributed by atoms with Crippen LogP contribution in [-0.2, 0) is 6.42 Å². The van der Waals surface area contributed by atoms with Gasteiger partial charge >= 0.3 is 0 Å². The zero-order valence-electron chi connectivity index (χ0n) is 14.0. The second-order valence-electron chi connectivity index (χ2n) is 5.80. The van der Waals surface area contributed by atoms with Crippen molar-refractivity contribution >= 4 is 17.5 Å². The number of nitrogens with one attached hydrogen (secondary N) is 1. The molecule has 0 radical (unpaired) electrons. The first-order chi connectivity index (χ1) is 12.2. The Bertz CT molecular complexity index is 859. The molecule has 5 heteroatoms. The molecule has 0 saturated carbocycles. The molecule has 0 aliphatic heterocycles. The predicted molar refractivity (Wildman–Crippen MR) is 98.8 cm³/mol. The van der Waals surface area contributed by atoms with Gasteiger partial charge in [0, 0.05) is 12.1 Å². The van der Waals surface area contributed by atoms with E-state index in [4.69, 9.17) is 16.1 Å². The van der Waals surface area contributed by atoms with Gasteiger partial charge < -0.3 is 9.84 Å². The summed E-state index contributed by atoms with van der Waals surface area (Å²) in [7, 11) is 0. The SMILES string of the molecule is Cc1noc(-c2ccccc2Cl)c1C(=O)NCCCc1ccccc1. The second-order valence-corrected chi connectivity index (χ2v) is 6.20. The first kappa shape index (κ1) is 17.2. The Morgan fingerprint density at radius 3 is 2.60 bits per heavy atom. The molecule has 0 aliphatic carbocycles. The largest absolute Gasteiger partial charge is 0.355 e. The minimum atomic E-state index is -0.193. The number of hydrogen-bond acceptors (Lipinski definition) is 3. The van der Waals surface area contributed by atoms with Gasteiger partial charge in [0.25, 0.3) is 5.91 Å². The predicted octanol–water partition coefficient (Wildman–Crippen LogP) is 4.67. The maximum absolute atomic E-state index is 12.6. The molecule has 1 N–H and O–H groups in total. The minimum Gasteiger partial charge on any atom is -0.355 e. The van der Waals surface area contributed by atoms with E-state index < -0.39 is 0 Å². The van der Waals surface area contributed by atoms with E-state index in [0.29, 0.717) is 34.1 Å². The third kappa shape index (κ3) is 4.09. The Hall–Kier alpha value is -2.59. The fourth-order valence-corrected chi connectivity index (χ4v) is 2.92. The van der Waals surface area contributed by atoms with Crippen molar-refractivity contribution in [3.8, 4) is 11.3 Å². The Balaban J connectivity index is 1.66. The van der Waals surface area contributed by atoms with Gasteiger partial charge in [0.05, 0.1) is 10.7 Å². The molecule has 0 fully saturated rings. The summed E-state index contributed by atoms with van der Waals surface area (Å²) in [6.07, 6.45) is 1.78. The summed E-state index contributed by atoms with van der Waals surface area (Å²) in [5, 5.41) is 7.41. The molecule has 0 unspecified atom stereocenters. The molecule has 1 aromatic heterocycles. The number of aryl methyl sites for hydroxylation is 2. The summed E-state index contributed by atoms with van der Waals surface area (Å²) >= 11 is 6.22. The molecule has 1 amide bonds. The lowest BCUT2D eigenvalue weighted by Crippen LogP contribution is -2.25. The van der Waals surface area contributed by atoms with Crippen molar-refractivity contribution in [1.82, 2.24) is 10.5 Å². The van der Waals surface area contributed by atoms with Gasteiger partial charge in [0.2, 0.25) is 0 Å². The van der Waals surface area contributed by atoms with E-state index in [1.54, 1.807) is 13.0 Å². The first-order valence-electron chi connectivity index (χ1n) is 8.20. The van der Waals surface area contributed by atoms with Crippen molar-refractivity contribution < 1.29 is 9.32 Å². The highest BCUT2D eigenvalue weighted by molar-refractivity contribution is 6.33. The van der Waals surface area contributed by atoms with Gasteiger partial charge in [-0.25, -0.2) is 0 Å². The van der Waals surface area contributed by atoms with Crippen molar-refractivity contribution in [3.63, 3.8) is 0 Å². The van der Waals surface area contributed by atoms with Crippen LogP contribution in [0, 0.1) is 6.92 Å². The fraction of sp³-hybridized carbons (Fsp3) is 0.200. The van der Waals surface area contributed by atoms with Gasteiger partial charge in [-0.15, -0.1) is 0 Å². The normalized spacial score (nSPS) is 10.6. The average Bonchev–Trinajstić information content (AvgIpc) is 3.01. The lowest BCUT2D eigenvalue weighted by Gasteiger charge is -2.07. The molecule has 0 aliphatic rings. The lowest BCUT2D eigenvalue weighted by atomic mass is 10.1. The van der Waals surface area contributed by atoms with Crippen molar-refractivity contribution in [2.45, 2.75) is 19.8 Å². The number of hydrogen-bond donors (Lipinski definition) is 1. The van der Waals surface area contributed by atoms with Crippen LogP contribution in [0.5, 0.6) is 0 Å². The third-order valence-corrected chi connectivity index (χ3v) is 4.31. The van der Waals surface area contributed by atoms with Crippen LogP contribution in [0.4, 0.5) is 0 Å². The van der Waals surface area contributed by atoms with Crippen LogP contribution >= 0.6 is 11.6 Å². The molecule has 0 spiro atoms. The molecule has 0 bridgehead atoms. The quantitative estimate of drug-likeness (QED) is 0.654. The van der Waals surface area contributed by atoms with Crippen LogP contribution in [0.2, 0.25) is 5.02 Å². The Morgan fingerprint density at radius 2 is 1.84 bits per heavy atom. The van der Waals surface area contributed by atoms with Crippen LogP contribution < -0.4 is 5.32 Å². The zero-order chi connectivity index (χ0) is 17.6. The summed E-state index contributed by atoms with van der Waals surface area (Å²) in [5.41, 5.74) is 2.91. The van der Waals surface area contributed by atoms with Crippen molar-refractivity contribution in [3.05, 3.63) is 76.4 Å². The third-order valence-electron chi connectivity index (χ3n) is 3.98. The van der Waals surface area contributed by atoms with E-state index in [0.717, 1.165) is 12.8 Å². The molecule has 3 rings (SSSR count). The summed E-state index contributed by atoms with van der Waals surface area (Å²) in [6.45, 7) is 2.34. The monoisotopic (exact) mass is 354 g/mol. The number of halogens is 1. The van der Waals surface area contributed by atoms with Crippen molar-refractivity contribution in [2.24, 2.45) is 0 Å². The van der Waals surface area contributed by atoms with Crippen LogP contribution in [0.1, 0.15) is 28.0 Å². The van der Waals surface area contributed by atoms with Crippen LogP contribution in [-0.4, -0.2) is 17.6 Å². The van der Waals surface area contributed by atoms with E-state index >= 15 is 0 Å². The average molecular weight is 355 g/mol. The van der Waals surface area contributed by atoms with Crippen molar-refractivity contribution in [2.75, 3.05) is 6.54 Å². The fourth-order valence-electron chi connectivity index (χ4n) is 2.69. The number of rotatable bonds is 6. The molecular formula is C20H19ClN2O2. The topological polar surface area (TPSA) is 55.1 Å². The van der Waals surface area contributed by atoms with E-state index in [-0.39, 0.29) is 5.91 Å². The molecule has 0 atom stereocenters. The van der Waals surface area contributed by atoms with Gasteiger partial charge in [0.15, 0.2) is 5.76 Å². The number of aromatic nitrogens is 1. The zero-order valence-corrected chi connectivity index (χ0v) is 14.7. The molecule has 3 aromatic rings. The molecule has 128 valence electrons. The highest BCUT2D eigenvalue weighted by atomic mass is 35.5. The number of nitrogens with zero attached hydrogens (tertiary/aromatic N) is 1. The van der Waals surface area contributed by atoms with Crippen molar-refractivity contribution in [1.29, 1.82) is 0 Å². The maximum atomic E-state index is 12.6. The van der Waals surface area contributed by atoms with Gasteiger partial charge in [-0.3, -0.25) is 4.79 Å². The first-order valence-corrected chi connectivity index (χ1v) is 8.58. The molecular weight excluding hydrogens is 336 g/mol. The maximum Gasteiger partial charge on any atom is 0.257 e. The Labute approximate surface area is 151 Å². The van der Waals surface area contributed by atoms with Crippen LogP contribution in [0.15, 0.2) is 59.1 Å². The van der Waals surface area contributed by atoms with E-state index in [1.165, 1.54) is 5.56 Å². The summed E-state index contributed by atoms with van der Waals surface area (Å²) in [5.74, 6) is 0.213. The standard InChI is InChI=1S/C20H19ClN2O2/c1-14-18(19(25-23-14)16-11-5-6-12-17(16)21)20(24)22-13-7-10-15-8-3-2-4-9-15/h2-6,8-9,11-12H,7,10,13H2,1H3,(H,22,24). The highest BCUT2D eigenvalue weighted by Crippen LogP contribution is 2.31.